The molecule has 5 nitrogen and oxygen atoms in total. The molecular weight excluding hydrogens is 254 g/mol. The molecule has 106 valence electrons. The summed E-state index contributed by atoms with van der Waals surface area (Å²) in [5, 5.41) is 7.37. The van der Waals surface area contributed by atoms with Gasteiger partial charge in [0.1, 0.15) is 0 Å². The van der Waals surface area contributed by atoms with Gasteiger partial charge in [0.05, 0.1) is 13.7 Å². The van der Waals surface area contributed by atoms with Crippen LogP contribution >= 0.6 is 0 Å². The van der Waals surface area contributed by atoms with Crippen molar-refractivity contribution < 1.29 is 9.53 Å². The molecule has 2 aromatic rings. The number of methoxy groups -OCH3 is 1. The third-order valence-electron chi connectivity index (χ3n) is 3.54. The highest BCUT2D eigenvalue weighted by Gasteiger charge is 2.41. The predicted octanol–water partition coefficient (Wildman–Crippen LogP) is 1.48. The summed E-state index contributed by atoms with van der Waals surface area (Å²) in [6.07, 6.45) is 1.72. The first-order chi connectivity index (χ1) is 9.64. The van der Waals surface area contributed by atoms with Crippen LogP contribution in [0.15, 0.2) is 42.6 Å². The number of carbonyl (C=O) groups excluding carboxylic acids is 1. The van der Waals surface area contributed by atoms with E-state index in [0.29, 0.717) is 6.54 Å². The number of aryl methyl sites for hydroxylation is 1. The summed E-state index contributed by atoms with van der Waals surface area (Å²) in [6, 6.07) is 11.4. The number of nitrogens with one attached hydrogen (secondary N) is 1. The second-order valence-corrected chi connectivity index (χ2v) is 4.64. The first-order valence-corrected chi connectivity index (χ1v) is 6.45. The highest BCUT2D eigenvalue weighted by molar-refractivity contribution is 5.82. The molecule has 1 aromatic heterocycles. The van der Waals surface area contributed by atoms with Gasteiger partial charge in [-0.05, 0) is 25.6 Å². The lowest BCUT2D eigenvalue weighted by atomic mass is 9.89. The zero-order valence-electron chi connectivity index (χ0n) is 12.0. The Morgan fingerprint density at radius 1 is 1.35 bits per heavy atom. The van der Waals surface area contributed by atoms with E-state index in [4.69, 9.17) is 4.74 Å². The molecule has 0 saturated carbocycles. The van der Waals surface area contributed by atoms with E-state index in [-0.39, 0.29) is 5.97 Å². The molecule has 0 saturated heterocycles. The normalized spacial score (nSPS) is 13.8. The van der Waals surface area contributed by atoms with Gasteiger partial charge in [-0.25, -0.2) is 4.79 Å². The van der Waals surface area contributed by atoms with Gasteiger partial charge in [-0.3, -0.25) is 10.00 Å². The molecule has 0 aliphatic carbocycles. The van der Waals surface area contributed by atoms with Gasteiger partial charge in [0.2, 0.25) is 0 Å². The third-order valence-corrected chi connectivity index (χ3v) is 3.54. The van der Waals surface area contributed by atoms with Crippen LogP contribution in [0.3, 0.4) is 0 Å². The molecule has 2 rings (SSSR count). The SMILES string of the molecule is CNC(Cn1nccc1C)(C(=O)OC)c1ccccc1. The second kappa shape index (κ2) is 5.88. The van der Waals surface area contributed by atoms with Crippen LogP contribution in [0.4, 0.5) is 0 Å². The maximum Gasteiger partial charge on any atom is 0.332 e. The molecule has 1 unspecified atom stereocenters. The quantitative estimate of drug-likeness (QED) is 0.838. The van der Waals surface area contributed by atoms with Crippen molar-refractivity contribution in [1.29, 1.82) is 0 Å². The molecule has 0 bridgehead atoms. The Hall–Kier alpha value is -2.14. The van der Waals surface area contributed by atoms with E-state index in [1.165, 1.54) is 7.11 Å². The van der Waals surface area contributed by atoms with Gasteiger partial charge in [-0.15, -0.1) is 0 Å². The largest absolute Gasteiger partial charge is 0.467 e. The van der Waals surface area contributed by atoms with Crippen molar-refractivity contribution in [3.05, 3.63) is 53.9 Å². The van der Waals surface area contributed by atoms with Crippen molar-refractivity contribution in [2.24, 2.45) is 0 Å². The minimum absolute atomic E-state index is 0.332. The summed E-state index contributed by atoms with van der Waals surface area (Å²) in [5.41, 5.74) is 0.890. The minimum Gasteiger partial charge on any atom is -0.467 e. The molecule has 0 spiro atoms. The third kappa shape index (κ3) is 2.44. The van der Waals surface area contributed by atoms with Crippen molar-refractivity contribution in [3.8, 4) is 0 Å². The highest BCUT2D eigenvalue weighted by Crippen LogP contribution is 2.25. The molecule has 20 heavy (non-hydrogen) atoms. The Kier molecular flexibility index (Phi) is 4.20. The van der Waals surface area contributed by atoms with Crippen LogP contribution in [0, 0.1) is 6.92 Å². The maximum atomic E-state index is 12.4. The Balaban J connectivity index is 2.48. The van der Waals surface area contributed by atoms with Gasteiger partial charge in [0.15, 0.2) is 5.54 Å². The Bertz CT molecular complexity index is 580. The lowest BCUT2D eigenvalue weighted by molar-refractivity contribution is -0.149. The van der Waals surface area contributed by atoms with E-state index < -0.39 is 5.54 Å². The molecule has 5 heteroatoms. The fourth-order valence-corrected chi connectivity index (χ4v) is 2.29. The number of esters is 1. The Morgan fingerprint density at radius 3 is 2.55 bits per heavy atom. The number of carbonyl (C=O) groups is 1. The van der Waals surface area contributed by atoms with Gasteiger partial charge in [0.25, 0.3) is 0 Å². The van der Waals surface area contributed by atoms with Gasteiger partial charge < -0.3 is 4.74 Å². The number of hydrogen-bond acceptors (Lipinski definition) is 4. The number of rotatable bonds is 5. The summed E-state index contributed by atoms with van der Waals surface area (Å²) >= 11 is 0. The van der Waals surface area contributed by atoms with Gasteiger partial charge in [-0.2, -0.15) is 5.10 Å². The van der Waals surface area contributed by atoms with Crippen LogP contribution in [0.25, 0.3) is 0 Å². The van der Waals surface area contributed by atoms with Gasteiger partial charge >= 0.3 is 5.97 Å². The van der Waals surface area contributed by atoms with E-state index in [9.17, 15) is 4.79 Å². The number of likely N-dealkylation sites (N-methyl/N-ethyl adjacent to an activating group) is 1. The standard InChI is InChI=1S/C15H19N3O2/c1-12-9-10-17-18(12)11-15(16-2,14(19)20-3)13-7-5-4-6-8-13/h4-10,16H,11H2,1-3H3. The second-order valence-electron chi connectivity index (χ2n) is 4.64. The first kappa shape index (κ1) is 14.3. The molecule has 1 atom stereocenters. The van der Waals surface area contributed by atoms with E-state index in [1.54, 1.807) is 17.9 Å². The van der Waals surface area contributed by atoms with Crippen LogP contribution in [0.1, 0.15) is 11.3 Å². The Labute approximate surface area is 118 Å². The average molecular weight is 273 g/mol. The molecule has 0 fully saturated rings. The van der Waals surface area contributed by atoms with Crippen molar-refractivity contribution in [2.45, 2.75) is 19.0 Å². The van der Waals surface area contributed by atoms with Crippen LogP contribution in [0.2, 0.25) is 0 Å². The van der Waals surface area contributed by atoms with E-state index in [0.717, 1.165) is 11.3 Å². The van der Waals surface area contributed by atoms with E-state index in [1.807, 2.05) is 43.3 Å². The van der Waals surface area contributed by atoms with Crippen molar-refractivity contribution >= 4 is 5.97 Å². The predicted molar refractivity (Wildman–Crippen MR) is 76.2 cm³/mol. The van der Waals surface area contributed by atoms with E-state index >= 15 is 0 Å². The smallest absolute Gasteiger partial charge is 0.332 e. The fraction of sp³-hybridized carbons (Fsp3) is 0.333. The van der Waals surface area contributed by atoms with Crippen LogP contribution in [0.5, 0.6) is 0 Å². The molecule has 0 radical (unpaired) electrons. The van der Waals surface area contributed by atoms with Gasteiger partial charge in [0, 0.05) is 11.9 Å². The lowest BCUT2D eigenvalue weighted by Gasteiger charge is -2.31. The number of nitrogens with zero attached hydrogens (tertiary/aromatic N) is 2. The van der Waals surface area contributed by atoms with Crippen LogP contribution < -0.4 is 5.32 Å². The molecule has 0 aliphatic heterocycles. The molecule has 0 amide bonds. The lowest BCUT2D eigenvalue weighted by Crippen LogP contribution is -2.51. The van der Waals surface area contributed by atoms with Gasteiger partial charge in [-0.1, -0.05) is 30.3 Å². The summed E-state index contributed by atoms with van der Waals surface area (Å²) in [6.45, 7) is 2.33. The molecule has 0 aliphatic rings. The number of aromatic nitrogens is 2. The summed E-state index contributed by atoms with van der Waals surface area (Å²) < 4.78 is 6.80. The number of ether oxygens (including phenoxy) is 1. The molecule has 1 aromatic carbocycles. The van der Waals surface area contributed by atoms with Crippen molar-refractivity contribution in [1.82, 2.24) is 15.1 Å². The average Bonchev–Trinajstić information content (AvgIpc) is 2.90. The number of benzene rings is 1. The fourth-order valence-electron chi connectivity index (χ4n) is 2.29. The molecular formula is C15H19N3O2. The maximum absolute atomic E-state index is 12.4. The summed E-state index contributed by atoms with van der Waals surface area (Å²) in [5.74, 6) is -0.332. The first-order valence-electron chi connectivity index (χ1n) is 6.45. The van der Waals surface area contributed by atoms with E-state index in [2.05, 4.69) is 10.4 Å². The zero-order chi connectivity index (χ0) is 14.6. The van der Waals surface area contributed by atoms with Crippen molar-refractivity contribution in [3.63, 3.8) is 0 Å². The highest BCUT2D eigenvalue weighted by atomic mass is 16.5. The summed E-state index contributed by atoms with van der Waals surface area (Å²) in [7, 11) is 3.15. The Morgan fingerprint density at radius 2 is 2.05 bits per heavy atom. The van der Waals surface area contributed by atoms with Crippen LogP contribution in [-0.2, 0) is 21.6 Å². The monoisotopic (exact) mass is 273 g/mol. The van der Waals surface area contributed by atoms with Crippen LogP contribution in [-0.4, -0.2) is 29.9 Å². The minimum atomic E-state index is -0.952. The molecule has 1 heterocycles. The zero-order valence-corrected chi connectivity index (χ0v) is 12.0. The van der Waals surface area contributed by atoms with Crippen molar-refractivity contribution in [2.75, 3.05) is 14.2 Å². The summed E-state index contributed by atoms with van der Waals surface area (Å²) in [4.78, 5) is 12.4. The number of hydrogen-bond donors (Lipinski definition) is 1. The molecule has 1 N–H and O–H groups in total. The topological polar surface area (TPSA) is 56.2 Å².